The molecule has 230 valence electrons. The van der Waals surface area contributed by atoms with Crippen LogP contribution < -0.4 is 10.2 Å². The van der Waals surface area contributed by atoms with Gasteiger partial charge < -0.3 is 4.90 Å². The summed E-state index contributed by atoms with van der Waals surface area (Å²) >= 11 is 6.86. The molecule has 0 spiro atoms. The monoisotopic (exact) mass is 641 g/mol. The van der Waals surface area contributed by atoms with Gasteiger partial charge in [0.2, 0.25) is 0 Å². The van der Waals surface area contributed by atoms with Crippen LogP contribution >= 0.6 is 24.0 Å². The highest BCUT2D eigenvalue weighted by molar-refractivity contribution is 8.04. The number of allylic oxidation sites excluding steroid dienone is 4. The molecule has 0 bridgehead atoms. The van der Waals surface area contributed by atoms with Gasteiger partial charge in [0.1, 0.15) is 5.57 Å². The van der Waals surface area contributed by atoms with Gasteiger partial charge in [-0.1, -0.05) is 106 Å². The van der Waals surface area contributed by atoms with E-state index in [2.05, 4.69) is 18.3 Å². The van der Waals surface area contributed by atoms with Crippen molar-refractivity contribution in [1.29, 1.82) is 0 Å². The van der Waals surface area contributed by atoms with Gasteiger partial charge in [-0.3, -0.25) is 24.4 Å². The molecule has 1 saturated heterocycles. The van der Waals surface area contributed by atoms with Crippen LogP contribution in [0.4, 0.5) is 5.69 Å². The predicted octanol–water partition coefficient (Wildman–Crippen LogP) is 6.74. The Labute approximate surface area is 264 Å². The van der Waals surface area contributed by atoms with Crippen molar-refractivity contribution >= 4 is 67.5 Å². The van der Waals surface area contributed by atoms with E-state index in [4.69, 9.17) is 12.2 Å². The number of carbonyl (C=O) groups excluding carboxylic acids is 2. The fourth-order valence-electron chi connectivity index (χ4n) is 5.20. The second kappa shape index (κ2) is 15.7. The number of nitrogens with one attached hydrogen (secondary N) is 1. The summed E-state index contributed by atoms with van der Waals surface area (Å²) in [6.45, 7) is 3.07. The van der Waals surface area contributed by atoms with Gasteiger partial charge in [-0.05, 0) is 54.1 Å². The highest BCUT2D eigenvalue weighted by atomic mass is 32.2. The number of anilines is 1. The highest BCUT2D eigenvalue weighted by Crippen LogP contribution is 2.49. The number of nitrogens with zero attached hydrogens (tertiary/aromatic N) is 2. The Morgan fingerprint density at radius 3 is 2.30 bits per heavy atom. The average Bonchev–Trinajstić information content (AvgIpc) is 3.32. The standard InChI is InChI=1S/C32H39N3O5S3/c1-2-3-4-5-6-7-8-13-21-35-31(37)26(30(36)33-32(35)41)17-11-12-18-28-34(22-14-23-43(38,39)40)27-20-19-24-15-9-10-16-25(24)29(27)42-28/h9-12,15-20H,2-8,13-14,21-23H2,1H3,(H,33,36,41)(H,38,39,40). The number of benzene rings is 2. The summed E-state index contributed by atoms with van der Waals surface area (Å²) in [5.74, 6) is -1.24. The van der Waals surface area contributed by atoms with Crippen molar-refractivity contribution < 1.29 is 22.6 Å². The summed E-state index contributed by atoms with van der Waals surface area (Å²) in [5.41, 5.74) is 0.991. The van der Waals surface area contributed by atoms with Gasteiger partial charge in [-0.25, -0.2) is 0 Å². The van der Waals surface area contributed by atoms with E-state index in [0.717, 1.165) is 45.6 Å². The summed E-state index contributed by atoms with van der Waals surface area (Å²) in [4.78, 5) is 30.3. The molecule has 4 rings (SSSR count). The van der Waals surface area contributed by atoms with Crippen LogP contribution in [0.3, 0.4) is 0 Å². The third-order valence-corrected chi connectivity index (χ3v) is 9.77. The van der Waals surface area contributed by atoms with Gasteiger partial charge in [0.15, 0.2) is 5.11 Å². The first-order valence-corrected chi connectivity index (χ1v) is 17.7. The van der Waals surface area contributed by atoms with Crippen LogP contribution in [0.15, 0.2) is 76.2 Å². The molecule has 2 heterocycles. The van der Waals surface area contributed by atoms with Gasteiger partial charge in [-0.2, -0.15) is 8.42 Å². The van der Waals surface area contributed by atoms with Crippen LogP contribution in [0.25, 0.3) is 10.8 Å². The summed E-state index contributed by atoms with van der Waals surface area (Å²) in [5, 5.41) is 5.85. The second-order valence-electron chi connectivity index (χ2n) is 10.7. The van der Waals surface area contributed by atoms with Crippen molar-refractivity contribution in [3.63, 3.8) is 0 Å². The largest absolute Gasteiger partial charge is 0.335 e. The van der Waals surface area contributed by atoms with E-state index in [-0.39, 0.29) is 22.9 Å². The number of amides is 2. The summed E-state index contributed by atoms with van der Waals surface area (Å²) in [6.07, 6.45) is 16.2. The van der Waals surface area contributed by atoms with E-state index in [1.54, 1.807) is 23.9 Å². The zero-order valence-electron chi connectivity index (χ0n) is 24.5. The van der Waals surface area contributed by atoms with Crippen LogP contribution in [0.2, 0.25) is 0 Å². The van der Waals surface area contributed by atoms with E-state index in [1.165, 1.54) is 43.1 Å². The fraction of sp³-hybridized carbons (Fsp3) is 0.406. The maximum absolute atomic E-state index is 13.1. The molecule has 2 aliphatic rings. The molecule has 2 aliphatic heterocycles. The first-order chi connectivity index (χ1) is 20.7. The van der Waals surface area contributed by atoms with E-state index in [9.17, 15) is 22.6 Å². The van der Waals surface area contributed by atoms with Gasteiger partial charge in [-0.15, -0.1) is 0 Å². The smallest absolute Gasteiger partial charge is 0.265 e. The average molecular weight is 642 g/mol. The zero-order valence-corrected chi connectivity index (χ0v) is 26.9. The molecule has 43 heavy (non-hydrogen) atoms. The first kappa shape index (κ1) is 32.9. The number of thiocarbonyl (C=S) groups is 1. The maximum Gasteiger partial charge on any atom is 0.265 e. The van der Waals surface area contributed by atoms with Gasteiger partial charge in [0, 0.05) is 18.0 Å². The van der Waals surface area contributed by atoms with Crippen LogP contribution in [0.5, 0.6) is 0 Å². The molecule has 0 aliphatic carbocycles. The molecule has 0 saturated carbocycles. The third kappa shape index (κ3) is 9.01. The Balaban J connectivity index is 1.44. The predicted molar refractivity (Wildman–Crippen MR) is 179 cm³/mol. The Morgan fingerprint density at radius 1 is 0.884 bits per heavy atom. The fourth-order valence-corrected chi connectivity index (χ4v) is 7.19. The molecule has 2 aromatic rings. The topological polar surface area (TPSA) is 107 Å². The molecule has 2 aromatic carbocycles. The minimum absolute atomic E-state index is 0.0289. The Morgan fingerprint density at radius 2 is 1.56 bits per heavy atom. The summed E-state index contributed by atoms with van der Waals surface area (Å²) in [6, 6.07) is 12.1. The lowest BCUT2D eigenvalue weighted by atomic mass is 10.1. The molecule has 0 atom stereocenters. The number of carbonyl (C=O) groups is 2. The molecule has 8 nitrogen and oxygen atoms in total. The maximum atomic E-state index is 13.1. The van der Waals surface area contributed by atoms with Crippen LogP contribution in [0.1, 0.15) is 64.7 Å². The second-order valence-corrected chi connectivity index (χ2v) is 13.7. The van der Waals surface area contributed by atoms with Crippen molar-refractivity contribution in [2.75, 3.05) is 23.7 Å². The number of hydrogen-bond donors (Lipinski definition) is 2. The molecule has 0 radical (unpaired) electrons. The van der Waals surface area contributed by atoms with E-state index in [0.29, 0.717) is 13.1 Å². The van der Waals surface area contributed by atoms with E-state index in [1.807, 2.05) is 41.3 Å². The molecular formula is C32H39N3O5S3. The first-order valence-electron chi connectivity index (χ1n) is 14.9. The Bertz CT molecular complexity index is 1550. The van der Waals surface area contributed by atoms with Crippen LogP contribution in [-0.4, -0.2) is 53.6 Å². The zero-order chi connectivity index (χ0) is 30.8. The normalized spacial score (nSPS) is 17.6. The van der Waals surface area contributed by atoms with Crippen molar-refractivity contribution in [3.8, 4) is 0 Å². The van der Waals surface area contributed by atoms with E-state index < -0.39 is 21.9 Å². The van der Waals surface area contributed by atoms with E-state index >= 15 is 0 Å². The molecule has 0 aromatic heterocycles. The minimum Gasteiger partial charge on any atom is -0.335 e. The number of hydrogen-bond acceptors (Lipinski definition) is 7. The lowest BCUT2D eigenvalue weighted by molar-refractivity contribution is -0.129. The quantitative estimate of drug-likeness (QED) is 0.0724. The van der Waals surface area contributed by atoms with Gasteiger partial charge in [0.25, 0.3) is 21.9 Å². The molecular weight excluding hydrogens is 603 g/mol. The van der Waals surface area contributed by atoms with Crippen molar-refractivity contribution in [3.05, 3.63) is 71.3 Å². The SMILES string of the molecule is CCCCCCCCCCN1C(=O)C(=CC=CC=C2Sc3c(ccc4ccccc34)N2CCCS(=O)(=O)O)C(=O)NC1=S. The molecule has 1 fully saturated rings. The number of thioether (sulfide) groups is 1. The van der Waals surface area contributed by atoms with Crippen molar-refractivity contribution in [2.45, 2.75) is 69.6 Å². The van der Waals surface area contributed by atoms with Gasteiger partial charge >= 0.3 is 0 Å². The Kier molecular flexibility index (Phi) is 12.0. The third-order valence-electron chi connectivity index (χ3n) is 7.44. The van der Waals surface area contributed by atoms with Crippen LogP contribution in [-0.2, 0) is 19.7 Å². The lowest BCUT2D eigenvalue weighted by Gasteiger charge is -2.28. The van der Waals surface area contributed by atoms with Crippen LogP contribution in [0, 0.1) is 0 Å². The molecule has 11 heteroatoms. The number of fused-ring (bicyclic) bond motifs is 3. The number of rotatable bonds is 15. The number of unbranched alkanes of at least 4 members (excludes halogenated alkanes) is 7. The minimum atomic E-state index is -4.07. The molecule has 2 amide bonds. The highest BCUT2D eigenvalue weighted by Gasteiger charge is 2.32. The summed E-state index contributed by atoms with van der Waals surface area (Å²) in [7, 11) is -4.07. The lowest BCUT2D eigenvalue weighted by Crippen LogP contribution is -2.54. The molecule has 0 unspecified atom stereocenters. The Hall–Kier alpha value is -2.99. The van der Waals surface area contributed by atoms with Crippen molar-refractivity contribution in [1.82, 2.24) is 10.2 Å². The molecule has 2 N–H and O–H groups in total. The summed E-state index contributed by atoms with van der Waals surface area (Å²) < 4.78 is 31.9. The van der Waals surface area contributed by atoms with Crippen molar-refractivity contribution in [2.24, 2.45) is 0 Å². The van der Waals surface area contributed by atoms with Gasteiger partial charge in [0.05, 0.1) is 16.5 Å².